The summed E-state index contributed by atoms with van der Waals surface area (Å²) in [7, 11) is 0. The van der Waals surface area contributed by atoms with Crippen LogP contribution in [0, 0.1) is 13.8 Å². The van der Waals surface area contributed by atoms with Crippen LogP contribution in [-0.2, 0) is 12.3 Å². The Balaban J connectivity index is 1.93. The van der Waals surface area contributed by atoms with Crippen molar-refractivity contribution in [1.29, 1.82) is 0 Å². The van der Waals surface area contributed by atoms with Gasteiger partial charge < -0.3 is 5.32 Å². The molecule has 0 aromatic heterocycles. The molecule has 0 aliphatic heterocycles. The molecule has 106 valence electrons. The summed E-state index contributed by atoms with van der Waals surface area (Å²) in [5.74, 6) is 1.04. The van der Waals surface area contributed by atoms with Crippen molar-refractivity contribution < 1.29 is 0 Å². The third-order valence-electron chi connectivity index (χ3n) is 3.19. The van der Waals surface area contributed by atoms with E-state index in [2.05, 4.69) is 68.6 Å². The molecule has 0 atom stereocenters. The molecule has 0 heterocycles. The molecule has 0 radical (unpaired) electrons. The molecule has 0 amide bonds. The topological polar surface area (TPSA) is 12.0 Å². The number of nitrogens with one attached hydrogen (secondary N) is 1. The number of rotatable bonds is 6. The van der Waals surface area contributed by atoms with Crippen molar-refractivity contribution in [3.63, 3.8) is 0 Å². The van der Waals surface area contributed by atoms with Crippen LogP contribution in [0.3, 0.4) is 0 Å². The lowest BCUT2D eigenvalue weighted by Crippen LogP contribution is -2.11. The number of hydrogen-bond acceptors (Lipinski definition) is 2. The SMILES string of the molecule is CCNCc1ccc(SCc2cc(C)cc(C)c2)cc1. The smallest absolute Gasteiger partial charge is 0.0232 e. The minimum Gasteiger partial charge on any atom is -0.313 e. The third kappa shape index (κ3) is 4.69. The highest BCUT2D eigenvalue weighted by Crippen LogP contribution is 2.24. The zero-order chi connectivity index (χ0) is 14.4. The first kappa shape index (κ1) is 15.1. The second-order valence-electron chi connectivity index (χ2n) is 5.21. The van der Waals surface area contributed by atoms with Gasteiger partial charge >= 0.3 is 0 Å². The van der Waals surface area contributed by atoms with E-state index in [-0.39, 0.29) is 0 Å². The first-order valence-corrected chi connectivity index (χ1v) is 8.15. The van der Waals surface area contributed by atoms with Crippen LogP contribution >= 0.6 is 11.8 Å². The highest BCUT2D eigenvalue weighted by molar-refractivity contribution is 7.98. The quantitative estimate of drug-likeness (QED) is 0.772. The van der Waals surface area contributed by atoms with Crippen molar-refractivity contribution >= 4 is 11.8 Å². The molecule has 0 unspecified atom stereocenters. The van der Waals surface area contributed by atoms with Gasteiger partial charge in [-0.25, -0.2) is 0 Å². The molecule has 0 saturated heterocycles. The standard InChI is InChI=1S/C18H23NS/c1-4-19-12-16-5-7-18(8-6-16)20-13-17-10-14(2)9-15(3)11-17/h5-11,19H,4,12-13H2,1-3H3. The summed E-state index contributed by atoms with van der Waals surface area (Å²) in [6.07, 6.45) is 0. The Hall–Kier alpha value is -1.25. The summed E-state index contributed by atoms with van der Waals surface area (Å²) in [5.41, 5.74) is 5.45. The van der Waals surface area contributed by atoms with Gasteiger partial charge in [-0.15, -0.1) is 11.8 Å². The maximum absolute atomic E-state index is 3.35. The lowest BCUT2D eigenvalue weighted by Gasteiger charge is -2.06. The Bertz CT molecular complexity index is 526. The lowest BCUT2D eigenvalue weighted by molar-refractivity contribution is 0.726. The minimum atomic E-state index is 0.957. The van der Waals surface area contributed by atoms with Crippen LogP contribution in [0.2, 0.25) is 0 Å². The molecule has 0 spiro atoms. The molecule has 0 fully saturated rings. The maximum atomic E-state index is 3.35. The van der Waals surface area contributed by atoms with Gasteiger partial charge in [0.25, 0.3) is 0 Å². The van der Waals surface area contributed by atoms with Gasteiger partial charge in [0, 0.05) is 17.2 Å². The van der Waals surface area contributed by atoms with E-state index in [0.29, 0.717) is 0 Å². The van der Waals surface area contributed by atoms with Crippen LogP contribution in [0.5, 0.6) is 0 Å². The van der Waals surface area contributed by atoms with Crippen molar-refractivity contribution in [3.8, 4) is 0 Å². The molecule has 0 aliphatic rings. The second-order valence-corrected chi connectivity index (χ2v) is 6.26. The van der Waals surface area contributed by atoms with Crippen LogP contribution in [0.4, 0.5) is 0 Å². The van der Waals surface area contributed by atoms with E-state index in [9.17, 15) is 0 Å². The van der Waals surface area contributed by atoms with Crippen LogP contribution in [0.1, 0.15) is 29.2 Å². The first-order valence-electron chi connectivity index (χ1n) is 7.17. The minimum absolute atomic E-state index is 0.957. The summed E-state index contributed by atoms with van der Waals surface area (Å²) in [6.45, 7) is 8.43. The molecule has 2 aromatic rings. The van der Waals surface area contributed by atoms with Gasteiger partial charge in [-0.3, -0.25) is 0 Å². The highest BCUT2D eigenvalue weighted by Gasteiger charge is 1.99. The fourth-order valence-electron chi connectivity index (χ4n) is 2.29. The molecule has 1 N–H and O–H groups in total. The Morgan fingerprint density at radius 3 is 2.15 bits per heavy atom. The predicted octanol–water partition coefficient (Wildman–Crippen LogP) is 4.71. The van der Waals surface area contributed by atoms with Crippen LogP contribution in [0.15, 0.2) is 47.4 Å². The van der Waals surface area contributed by atoms with Crippen molar-refractivity contribution in [2.24, 2.45) is 0 Å². The largest absolute Gasteiger partial charge is 0.313 e. The van der Waals surface area contributed by atoms with Gasteiger partial charge in [0.05, 0.1) is 0 Å². The molecule has 2 aromatic carbocycles. The van der Waals surface area contributed by atoms with Gasteiger partial charge in [0.1, 0.15) is 0 Å². The van der Waals surface area contributed by atoms with Crippen LogP contribution in [0.25, 0.3) is 0 Å². The molecular formula is C18H23NS. The zero-order valence-electron chi connectivity index (χ0n) is 12.6. The van der Waals surface area contributed by atoms with Crippen molar-refractivity contribution in [3.05, 3.63) is 64.7 Å². The van der Waals surface area contributed by atoms with Gasteiger partial charge in [0.2, 0.25) is 0 Å². The number of benzene rings is 2. The summed E-state index contributed by atoms with van der Waals surface area (Å²) in [6, 6.07) is 15.7. The van der Waals surface area contributed by atoms with Gasteiger partial charge in [-0.05, 0) is 43.7 Å². The molecule has 1 nitrogen and oxygen atoms in total. The summed E-state index contributed by atoms with van der Waals surface area (Å²) < 4.78 is 0. The molecule has 20 heavy (non-hydrogen) atoms. The molecule has 2 rings (SSSR count). The monoisotopic (exact) mass is 285 g/mol. The van der Waals surface area contributed by atoms with Crippen molar-refractivity contribution in [2.75, 3.05) is 6.54 Å². The molecule has 0 aliphatic carbocycles. The van der Waals surface area contributed by atoms with E-state index in [1.165, 1.54) is 27.1 Å². The summed E-state index contributed by atoms with van der Waals surface area (Å²) >= 11 is 1.90. The first-order chi connectivity index (χ1) is 9.67. The maximum Gasteiger partial charge on any atom is 0.0232 e. The molecule has 2 heteroatoms. The highest BCUT2D eigenvalue weighted by atomic mass is 32.2. The van der Waals surface area contributed by atoms with Gasteiger partial charge in [-0.2, -0.15) is 0 Å². The number of aryl methyl sites for hydroxylation is 2. The average Bonchev–Trinajstić information content (AvgIpc) is 2.43. The Labute approximate surface area is 126 Å². The zero-order valence-corrected chi connectivity index (χ0v) is 13.4. The van der Waals surface area contributed by atoms with E-state index in [1.54, 1.807) is 0 Å². The van der Waals surface area contributed by atoms with Crippen LogP contribution < -0.4 is 5.32 Å². The predicted molar refractivity (Wildman–Crippen MR) is 89.3 cm³/mol. The molecule has 0 saturated carbocycles. The fourth-order valence-corrected chi connectivity index (χ4v) is 3.12. The normalized spacial score (nSPS) is 10.8. The van der Waals surface area contributed by atoms with E-state index >= 15 is 0 Å². The second kappa shape index (κ2) is 7.51. The van der Waals surface area contributed by atoms with E-state index in [4.69, 9.17) is 0 Å². The third-order valence-corrected chi connectivity index (χ3v) is 4.27. The van der Waals surface area contributed by atoms with Crippen LogP contribution in [-0.4, -0.2) is 6.54 Å². The van der Waals surface area contributed by atoms with E-state index < -0.39 is 0 Å². The number of thioether (sulfide) groups is 1. The Morgan fingerprint density at radius 2 is 1.55 bits per heavy atom. The summed E-state index contributed by atoms with van der Waals surface area (Å²) in [5, 5.41) is 3.35. The van der Waals surface area contributed by atoms with Gasteiger partial charge in [-0.1, -0.05) is 48.4 Å². The van der Waals surface area contributed by atoms with Crippen molar-refractivity contribution in [1.82, 2.24) is 5.32 Å². The Morgan fingerprint density at radius 1 is 0.900 bits per heavy atom. The number of hydrogen-bond donors (Lipinski definition) is 1. The lowest BCUT2D eigenvalue weighted by atomic mass is 10.1. The summed E-state index contributed by atoms with van der Waals surface area (Å²) in [4.78, 5) is 1.34. The van der Waals surface area contributed by atoms with Crippen molar-refractivity contribution in [2.45, 2.75) is 38.0 Å². The Kier molecular flexibility index (Phi) is 5.69. The molecule has 0 bridgehead atoms. The molecular weight excluding hydrogens is 262 g/mol. The average molecular weight is 285 g/mol. The van der Waals surface area contributed by atoms with Gasteiger partial charge in [0.15, 0.2) is 0 Å². The van der Waals surface area contributed by atoms with E-state index in [1.807, 2.05) is 11.8 Å². The fraction of sp³-hybridized carbons (Fsp3) is 0.333. The van der Waals surface area contributed by atoms with E-state index in [0.717, 1.165) is 18.8 Å².